The predicted molar refractivity (Wildman–Crippen MR) is 156 cm³/mol. The fraction of sp³-hybridized carbons (Fsp3) is 0. The van der Waals surface area contributed by atoms with Gasteiger partial charge in [-0.05, 0) is 42.5 Å². The molecule has 0 saturated heterocycles. The van der Waals surface area contributed by atoms with E-state index in [9.17, 15) is 15.8 Å². The van der Waals surface area contributed by atoms with E-state index >= 15 is 0 Å². The Bertz CT molecular complexity index is 2230. The van der Waals surface area contributed by atoms with Crippen LogP contribution in [0.3, 0.4) is 0 Å². The maximum absolute atomic E-state index is 9.44. The first-order valence-corrected chi connectivity index (χ1v) is 12.6. The molecule has 0 spiro atoms. The lowest BCUT2D eigenvalue weighted by atomic mass is 10.1. The smallest absolute Gasteiger partial charge is 0.246 e. The number of pyridine rings is 1. The van der Waals surface area contributed by atoms with Gasteiger partial charge in [0.2, 0.25) is 23.4 Å². The van der Waals surface area contributed by atoms with E-state index in [1.54, 1.807) is 12.1 Å². The molecule has 13 nitrogen and oxygen atoms in total. The van der Waals surface area contributed by atoms with E-state index in [2.05, 4.69) is 34.5 Å². The molecule has 7 rings (SSSR count). The van der Waals surface area contributed by atoms with Crippen molar-refractivity contribution in [2.45, 2.75) is 0 Å². The first kappa shape index (κ1) is 26.1. The highest BCUT2D eigenvalue weighted by Gasteiger charge is 2.21. The van der Waals surface area contributed by atoms with E-state index < -0.39 is 0 Å². The normalized spacial score (nSPS) is 10.5. The first-order valence-electron chi connectivity index (χ1n) is 12.6. The zero-order chi connectivity index (χ0) is 31.2. The Balaban J connectivity index is 1.45. The number of nitriles is 3. The third kappa shape index (κ3) is 4.21. The van der Waals surface area contributed by atoms with Crippen LogP contribution in [0.25, 0.3) is 82.5 Å². The van der Waals surface area contributed by atoms with Crippen molar-refractivity contribution in [2.75, 3.05) is 0 Å². The minimum atomic E-state index is 0.0514. The van der Waals surface area contributed by atoms with Crippen LogP contribution in [-0.4, -0.2) is 19.9 Å². The van der Waals surface area contributed by atoms with Crippen LogP contribution >= 0.6 is 0 Å². The second-order valence-corrected chi connectivity index (χ2v) is 9.37. The van der Waals surface area contributed by atoms with Gasteiger partial charge in [-0.15, -0.1) is 0 Å². The Morgan fingerprint density at radius 3 is 1.51 bits per heavy atom. The van der Waals surface area contributed by atoms with Crippen LogP contribution in [0.5, 0.6) is 0 Å². The van der Waals surface area contributed by atoms with E-state index in [0.717, 1.165) is 0 Å². The van der Waals surface area contributed by atoms with Crippen LogP contribution in [0.1, 0.15) is 16.7 Å². The molecule has 0 atom stereocenters. The molecule has 4 heterocycles. The summed E-state index contributed by atoms with van der Waals surface area (Å²) in [6.45, 7) is 22.1. The standard InChI is InChI=1S/C32H8N10O3/c1-36-19-10-28-23(7-18(19)14-35)41-31(44-28)25-4-15(30-40-22-6-16(12-33)17(13-34)8-27(22)43-30)5-26(39-25)32-42-24-9-20(37-2)21(38-3)11-29(24)45-32/h4-11H. The summed E-state index contributed by atoms with van der Waals surface area (Å²) in [5.41, 5.74) is 3.38. The number of hydrogen-bond acceptors (Lipinski definition) is 10. The monoisotopic (exact) mass is 580 g/mol. The predicted octanol–water partition coefficient (Wildman–Crippen LogP) is 7.77. The molecule has 0 aliphatic heterocycles. The summed E-state index contributed by atoms with van der Waals surface area (Å²) in [5, 5.41) is 28.3. The molecule has 0 radical (unpaired) electrons. The van der Waals surface area contributed by atoms with Gasteiger partial charge in [0.1, 0.15) is 45.7 Å². The SMILES string of the molecule is [C-]#[N+]c1cc2oc(-c3cc(-c4nc5cc(C#N)c(C#N)cc5o4)cc(-c4nc5cc([N+]#[C-])c([N+]#[C-])cc5o4)n3)nc2cc1C#N. The topological polar surface area (TPSA) is 175 Å². The van der Waals surface area contributed by atoms with E-state index in [1.807, 2.05) is 18.2 Å². The maximum Gasteiger partial charge on any atom is 0.246 e. The van der Waals surface area contributed by atoms with Crippen LogP contribution in [-0.2, 0) is 0 Å². The molecule has 0 saturated carbocycles. The maximum atomic E-state index is 9.44. The number of hydrogen-bond donors (Lipinski definition) is 0. The highest BCUT2D eigenvalue weighted by atomic mass is 16.4. The van der Waals surface area contributed by atoms with Gasteiger partial charge in [0.05, 0.1) is 48.0 Å². The van der Waals surface area contributed by atoms with Crippen molar-refractivity contribution in [2.24, 2.45) is 0 Å². The third-order valence-corrected chi connectivity index (χ3v) is 6.75. The fourth-order valence-corrected chi connectivity index (χ4v) is 4.65. The Morgan fingerprint density at radius 2 is 0.933 bits per heavy atom. The molecular formula is C32H8N10O3. The summed E-state index contributed by atoms with van der Waals surface area (Å²) < 4.78 is 17.9. The average Bonchev–Trinajstić information content (AvgIpc) is 3.81. The van der Waals surface area contributed by atoms with Crippen LogP contribution < -0.4 is 0 Å². The van der Waals surface area contributed by atoms with Crippen molar-refractivity contribution in [1.29, 1.82) is 15.8 Å². The molecular weight excluding hydrogens is 572 g/mol. The van der Waals surface area contributed by atoms with Gasteiger partial charge in [-0.25, -0.2) is 29.6 Å². The molecule has 0 amide bonds. The minimum absolute atomic E-state index is 0.0514. The zero-order valence-corrected chi connectivity index (χ0v) is 22.3. The molecule has 0 bridgehead atoms. The van der Waals surface area contributed by atoms with Crippen molar-refractivity contribution in [3.63, 3.8) is 0 Å². The van der Waals surface area contributed by atoms with Gasteiger partial charge < -0.3 is 13.3 Å². The number of oxazole rings is 3. The second-order valence-electron chi connectivity index (χ2n) is 9.37. The molecule has 0 aliphatic carbocycles. The largest absolute Gasteiger partial charge is 0.436 e. The van der Waals surface area contributed by atoms with Crippen LogP contribution in [0.15, 0.2) is 61.8 Å². The summed E-state index contributed by atoms with van der Waals surface area (Å²) in [6.07, 6.45) is 0. The van der Waals surface area contributed by atoms with Gasteiger partial charge in [-0.3, -0.25) is 4.85 Å². The number of fused-ring (bicyclic) bond motifs is 3. The van der Waals surface area contributed by atoms with Gasteiger partial charge in [-0.2, -0.15) is 15.8 Å². The van der Waals surface area contributed by atoms with Crippen molar-refractivity contribution < 1.29 is 13.3 Å². The van der Waals surface area contributed by atoms with Crippen LogP contribution in [0, 0.1) is 53.7 Å². The van der Waals surface area contributed by atoms with Gasteiger partial charge in [0.15, 0.2) is 17.0 Å². The number of nitrogens with zero attached hydrogens (tertiary/aromatic N) is 10. The molecule has 4 aromatic heterocycles. The molecule has 0 fully saturated rings. The molecule has 3 aromatic carbocycles. The fourth-order valence-electron chi connectivity index (χ4n) is 4.65. The van der Waals surface area contributed by atoms with Crippen LogP contribution in [0.4, 0.5) is 17.1 Å². The highest BCUT2D eigenvalue weighted by Crippen LogP contribution is 2.37. The summed E-state index contributed by atoms with van der Waals surface area (Å²) in [6, 6.07) is 17.8. The Hall–Kier alpha value is -7.84. The lowest BCUT2D eigenvalue weighted by Gasteiger charge is -2.03. The Morgan fingerprint density at radius 1 is 0.489 bits per heavy atom. The van der Waals surface area contributed by atoms with E-state index in [-0.39, 0.29) is 79.6 Å². The average molecular weight is 580 g/mol. The molecule has 45 heavy (non-hydrogen) atoms. The lowest BCUT2D eigenvalue weighted by molar-refractivity contribution is 0.610. The summed E-state index contributed by atoms with van der Waals surface area (Å²) >= 11 is 0. The number of benzene rings is 3. The Labute approximate surface area is 251 Å². The van der Waals surface area contributed by atoms with Crippen LogP contribution in [0.2, 0.25) is 0 Å². The van der Waals surface area contributed by atoms with Gasteiger partial charge >= 0.3 is 0 Å². The molecule has 0 aliphatic rings. The molecule has 0 N–H and O–H groups in total. The Kier molecular flexibility index (Phi) is 5.74. The molecule has 204 valence electrons. The molecule has 7 aromatic rings. The van der Waals surface area contributed by atoms with E-state index in [1.165, 1.54) is 36.4 Å². The number of aromatic nitrogens is 4. The van der Waals surface area contributed by atoms with Gasteiger partial charge in [0.25, 0.3) is 0 Å². The molecule has 13 heteroatoms. The minimum Gasteiger partial charge on any atom is -0.436 e. The molecule has 0 unspecified atom stereocenters. The van der Waals surface area contributed by atoms with E-state index in [4.69, 9.17) is 33.0 Å². The van der Waals surface area contributed by atoms with Gasteiger partial charge in [-0.1, -0.05) is 0 Å². The summed E-state index contributed by atoms with van der Waals surface area (Å²) in [5.74, 6) is 0.225. The second kappa shape index (κ2) is 9.91. The zero-order valence-electron chi connectivity index (χ0n) is 22.3. The number of rotatable bonds is 3. The van der Waals surface area contributed by atoms with Crippen molar-refractivity contribution in [3.8, 4) is 52.8 Å². The quantitative estimate of drug-likeness (QED) is 0.188. The third-order valence-electron chi connectivity index (χ3n) is 6.75. The summed E-state index contributed by atoms with van der Waals surface area (Å²) in [4.78, 5) is 28.3. The first-order chi connectivity index (χ1) is 21.9. The highest BCUT2D eigenvalue weighted by molar-refractivity contribution is 5.89. The van der Waals surface area contributed by atoms with Crippen molar-refractivity contribution in [3.05, 3.63) is 99.5 Å². The van der Waals surface area contributed by atoms with Gasteiger partial charge in [0, 0.05) is 11.6 Å². The van der Waals surface area contributed by atoms with E-state index in [0.29, 0.717) is 22.1 Å². The van der Waals surface area contributed by atoms with Crippen molar-refractivity contribution in [1.82, 2.24) is 19.9 Å². The van der Waals surface area contributed by atoms with Crippen molar-refractivity contribution >= 4 is 50.4 Å². The summed E-state index contributed by atoms with van der Waals surface area (Å²) in [7, 11) is 0. The lowest BCUT2D eigenvalue weighted by Crippen LogP contribution is -1.91.